The summed E-state index contributed by atoms with van der Waals surface area (Å²) in [6.07, 6.45) is 3.58. The summed E-state index contributed by atoms with van der Waals surface area (Å²) in [6.45, 7) is 5.58. The molecule has 4 rings (SSSR count). The van der Waals surface area contributed by atoms with E-state index in [1.54, 1.807) is 0 Å². The Kier molecular flexibility index (Phi) is 4.85. The highest BCUT2D eigenvalue weighted by atomic mass is 16.5. The molecule has 0 radical (unpaired) electrons. The number of benzene rings is 1. The van der Waals surface area contributed by atoms with Crippen molar-refractivity contribution in [1.82, 2.24) is 15.1 Å². The number of amides is 2. The van der Waals surface area contributed by atoms with Gasteiger partial charge in [0, 0.05) is 38.6 Å². The van der Waals surface area contributed by atoms with E-state index in [-0.39, 0.29) is 17.9 Å². The summed E-state index contributed by atoms with van der Waals surface area (Å²) >= 11 is 0. The predicted octanol–water partition coefficient (Wildman–Crippen LogP) is 0.975. The second-order valence-corrected chi connectivity index (χ2v) is 7.59. The van der Waals surface area contributed by atoms with Crippen molar-refractivity contribution in [3.8, 4) is 5.75 Å². The van der Waals surface area contributed by atoms with Crippen molar-refractivity contribution in [3.05, 3.63) is 29.3 Å². The smallest absolute Gasteiger partial charge is 0.237 e. The second-order valence-electron chi connectivity index (χ2n) is 7.59. The normalized spacial score (nSPS) is 21.0. The average molecular weight is 357 g/mol. The van der Waals surface area contributed by atoms with Gasteiger partial charge in [0.15, 0.2) is 0 Å². The maximum absolute atomic E-state index is 12.6. The number of fused-ring (bicyclic) bond motifs is 1. The quantitative estimate of drug-likeness (QED) is 0.853. The lowest BCUT2D eigenvalue weighted by atomic mass is 10.1. The van der Waals surface area contributed by atoms with Gasteiger partial charge >= 0.3 is 0 Å². The van der Waals surface area contributed by atoms with Gasteiger partial charge in [-0.15, -0.1) is 0 Å². The van der Waals surface area contributed by atoms with Crippen LogP contribution in [0, 0.1) is 0 Å². The molecule has 2 aliphatic heterocycles. The molecule has 2 amide bonds. The van der Waals surface area contributed by atoms with Crippen LogP contribution in [-0.4, -0.2) is 66.5 Å². The molecule has 1 saturated heterocycles. The fraction of sp³-hybridized carbons (Fsp3) is 0.600. The first-order chi connectivity index (χ1) is 12.6. The zero-order chi connectivity index (χ0) is 18.1. The van der Waals surface area contributed by atoms with Gasteiger partial charge in [0.1, 0.15) is 5.75 Å². The molecular weight excluding hydrogens is 330 g/mol. The van der Waals surface area contributed by atoms with Crippen LogP contribution in [0.4, 0.5) is 0 Å². The van der Waals surface area contributed by atoms with E-state index < -0.39 is 0 Å². The molecule has 140 valence electrons. The zero-order valence-electron chi connectivity index (χ0n) is 15.4. The fourth-order valence-corrected chi connectivity index (χ4v) is 3.71. The SMILES string of the molecule is CC(C(=O)NC1CC1)N1CCN(C(=O)Cc2ccc3c(c2)CCO3)CC1. The van der Waals surface area contributed by atoms with Crippen LogP contribution in [0.5, 0.6) is 5.75 Å². The van der Waals surface area contributed by atoms with Gasteiger partial charge in [-0.3, -0.25) is 14.5 Å². The molecule has 1 atom stereocenters. The second kappa shape index (κ2) is 7.27. The Morgan fingerprint density at radius 1 is 1.23 bits per heavy atom. The molecule has 1 aromatic carbocycles. The topological polar surface area (TPSA) is 61.9 Å². The van der Waals surface area contributed by atoms with E-state index in [1.807, 2.05) is 24.0 Å². The minimum absolute atomic E-state index is 0.118. The van der Waals surface area contributed by atoms with Crippen LogP contribution in [0.3, 0.4) is 0 Å². The molecular formula is C20H27N3O3. The fourth-order valence-electron chi connectivity index (χ4n) is 3.71. The van der Waals surface area contributed by atoms with Gasteiger partial charge in [0.05, 0.1) is 19.1 Å². The first-order valence-corrected chi connectivity index (χ1v) is 9.67. The number of carbonyl (C=O) groups excluding carboxylic acids is 2. The van der Waals surface area contributed by atoms with E-state index >= 15 is 0 Å². The number of rotatable bonds is 5. The predicted molar refractivity (Wildman–Crippen MR) is 98.1 cm³/mol. The van der Waals surface area contributed by atoms with Gasteiger partial charge in [-0.25, -0.2) is 0 Å². The van der Waals surface area contributed by atoms with Gasteiger partial charge in [-0.1, -0.05) is 12.1 Å². The zero-order valence-corrected chi connectivity index (χ0v) is 15.4. The van der Waals surface area contributed by atoms with Gasteiger partial charge in [-0.2, -0.15) is 0 Å². The average Bonchev–Trinajstić information content (AvgIpc) is 3.34. The molecule has 1 saturated carbocycles. The molecule has 0 bridgehead atoms. The molecule has 6 heteroatoms. The molecule has 1 aliphatic carbocycles. The number of nitrogens with one attached hydrogen (secondary N) is 1. The van der Waals surface area contributed by atoms with Crippen molar-refractivity contribution < 1.29 is 14.3 Å². The first-order valence-electron chi connectivity index (χ1n) is 9.67. The number of carbonyl (C=O) groups is 2. The number of ether oxygens (including phenoxy) is 1. The standard InChI is InChI=1S/C20H27N3O3/c1-14(20(25)21-17-3-4-17)22-7-9-23(10-8-22)19(24)13-15-2-5-18-16(12-15)6-11-26-18/h2,5,12,14,17H,3-4,6-11,13H2,1H3,(H,21,25). The summed E-state index contributed by atoms with van der Waals surface area (Å²) < 4.78 is 5.52. The lowest BCUT2D eigenvalue weighted by molar-refractivity contribution is -0.133. The maximum atomic E-state index is 12.6. The van der Waals surface area contributed by atoms with Gasteiger partial charge in [0.25, 0.3) is 0 Å². The lowest BCUT2D eigenvalue weighted by Gasteiger charge is -2.37. The van der Waals surface area contributed by atoms with Crippen molar-refractivity contribution in [2.75, 3.05) is 32.8 Å². The van der Waals surface area contributed by atoms with Crippen LogP contribution >= 0.6 is 0 Å². The maximum Gasteiger partial charge on any atom is 0.237 e. The van der Waals surface area contributed by atoms with E-state index in [9.17, 15) is 9.59 Å². The highest BCUT2D eigenvalue weighted by molar-refractivity contribution is 5.82. The monoisotopic (exact) mass is 357 g/mol. The van der Waals surface area contributed by atoms with Crippen LogP contribution in [0.25, 0.3) is 0 Å². The lowest BCUT2D eigenvalue weighted by Crippen LogP contribution is -2.55. The van der Waals surface area contributed by atoms with Gasteiger partial charge < -0.3 is 15.0 Å². The molecule has 0 aromatic heterocycles. The Morgan fingerprint density at radius 2 is 2.00 bits per heavy atom. The largest absolute Gasteiger partial charge is 0.493 e. The van der Waals surface area contributed by atoms with Crippen LogP contribution in [-0.2, 0) is 22.4 Å². The van der Waals surface area contributed by atoms with E-state index in [1.165, 1.54) is 5.56 Å². The Labute approximate surface area is 154 Å². The van der Waals surface area contributed by atoms with E-state index in [4.69, 9.17) is 4.74 Å². The van der Waals surface area contributed by atoms with E-state index in [0.29, 0.717) is 25.6 Å². The van der Waals surface area contributed by atoms with Crippen LogP contribution in [0.15, 0.2) is 18.2 Å². The molecule has 1 unspecified atom stereocenters. The number of hydrogen-bond donors (Lipinski definition) is 1. The molecule has 2 fully saturated rings. The Balaban J connectivity index is 1.27. The summed E-state index contributed by atoms with van der Waals surface area (Å²) in [6, 6.07) is 6.34. The van der Waals surface area contributed by atoms with Crippen LogP contribution in [0.1, 0.15) is 30.9 Å². The molecule has 3 aliphatic rings. The third-order valence-electron chi connectivity index (χ3n) is 5.63. The first kappa shape index (κ1) is 17.3. The molecule has 6 nitrogen and oxygen atoms in total. The summed E-state index contributed by atoms with van der Waals surface area (Å²) in [5, 5.41) is 3.07. The number of nitrogens with zero attached hydrogens (tertiary/aromatic N) is 2. The van der Waals surface area contributed by atoms with Gasteiger partial charge in [-0.05, 0) is 37.0 Å². The third-order valence-corrected chi connectivity index (χ3v) is 5.63. The molecule has 1 N–H and O–H groups in total. The number of hydrogen-bond acceptors (Lipinski definition) is 4. The van der Waals surface area contributed by atoms with Crippen molar-refractivity contribution in [2.24, 2.45) is 0 Å². The van der Waals surface area contributed by atoms with Crippen LogP contribution in [0.2, 0.25) is 0 Å². The Hall–Kier alpha value is -2.08. The van der Waals surface area contributed by atoms with Crippen molar-refractivity contribution in [2.45, 2.75) is 44.7 Å². The van der Waals surface area contributed by atoms with E-state index in [0.717, 1.165) is 50.3 Å². The Bertz CT molecular complexity index is 694. The summed E-state index contributed by atoms with van der Waals surface area (Å²) in [5.74, 6) is 1.24. The third kappa shape index (κ3) is 3.85. The van der Waals surface area contributed by atoms with Crippen molar-refractivity contribution >= 4 is 11.8 Å². The molecule has 0 spiro atoms. The summed E-state index contributed by atoms with van der Waals surface area (Å²) in [4.78, 5) is 28.9. The molecule has 2 heterocycles. The Morgan fingerprint density at radius 3 is 2.73 bits per heavy atom. The minimum atomic E-state index is -0.121. The van der Waals surface area contributed by atoms with Crippen LogP contribution < -0.4 is 10.1 Å². The molecule has 26 heavy (non-hydrogen) atoms. The van der Waals surface area contributed by atoms with Crippen molar-refractivity contribution in [3.63, 3.8) is 0 Å². The summed E-state index contributed by atoms with van der Waals surface area (Å²) in [5.41, 5.74) is 2.26. The molecule has 1 aromatic rings. The number of piperazine rings is 1. The highest BCUT2D eigenvalue weighted by Gasteiger charge is 2.30. The van der Waals surface area contributed by atoms with Gasteiger partial charge in [0.2, 0.25) is 11.8 Å². The highest BCUT2D eigenvalue weighted by Crippen LogP contribution is 2.26. The summed E-state index contributed by atoms with van der Waals surface area (Å²) in [7, 11) is 0. The van der Waals surface area contributed by atoms with Crippen molar-refractivity contribution in [1.29, 1.82) is 0 Å². The van der Waals surface area contributed by atoms with E-state index in [2.05, 4.69) is 16.3 Å². The minimum Gasteiger partial charge on any atom is -0.493 e.